The van der Waals surface area contributed by atoms with Gasteiger partial charge in [0.15, 0.2) is 0 Å². The first-order valence-corrected chi connectivity index (χ1v) is 12.7. The molecule has 1 aliphatic rings. The molecule has 0 saturated heterocycles. The zero-order chi connectivity index (χ0) is 24.2. The van der Waals surface area contributed by atoms with Crippen molar-refractivity contribution in [1.29, 1.82) is 0 Å². The predicted octanol–water partition coefficient (Wildman–Crippen LogP) is 7.51. The number of amides is 1. The summed E-state index contributed by atoms with van der Waals surface area (Å²) in [6.45, 7) is 9.68. The summed E-state index contributed by atoms with van der Waals surface area (Å²) in [6.07, 6.45) is 4.84. The van der Waals surface area contributed by atoms with E-state index in [1.807, 2.05) is 65.0 Å². The van der Waals surface area contributed by atoms with Crippen molar-refractivity contribution in [2.24, 2.45) is 5.92 Å². The number of esters is 1. The van der Waals surface area contributed by atoms with Gasteiger partial charge in [0.05, 0.1) is 12.3 Å². The van der Waals surface area contributed by atoms with Crippen LogP contribution < -0.4 is 5.32 Å². The second kappa shape index (κ2) is 10.9. The summed E-state index contributed by atoms with van der Waals surface area (Å²) >= 11 is 3.50. The van der Waals surface area contributed by atoms with E-state index in [2.05, 4.69) is 33.4 Å². The fourth-order valence-corrected chi connectivity index (χ4v) is 5.14. The van der Waals surface area contributed by atoms with Crippen molar-refractivity contribution in [3.8, 4) is 0 Å². The van der Waals surface area contributed by atoms with Crippen LogP contribution in [0.2, 0.25) is 0 Å². The molecular formula is C28H36BrNO3. The number of hydrogen-bond donors (Lipinski definition) is 1. The fourth-order valence-electron chi connectivity index (χ4n) is 4.87. The van der Waals surface area contributed by atoms with Crippen LogP contribution in [0.4, 0.5) is 5.69 Å². The highest BCUT2D eigenvalue weighted by Crippen LogP contribution is 2.39. The predicted molar refractivity (Wildman–Crippen MR) is 138 cm³/mol. The molecule has 0 bridgehead atoms. The third-order valence-corrected chi connectivity index (χ3v) is 6.97. The quantitative estimate of drug-likeness (QED) is 0.389. The maximum atomic E-state index is 13.6. The largest absolute Gasteiger partial charge is 0.460 e. The number of rotatable bonds is 7. The zero-order valence-corrected chi connectivity index (χ0v) is 22.0. The lowest BCUT2D eigenvalue weighted by Crippen LogP contribution is -2.27. The van der Waals surface area contributed by atoms with Gasteiger partial charge in [-0.05, 0) is 87.3 Å². The topological polar surface area (TPSA) is 55.4 Å². The molecule has 2 aromatic rings. The lowest BCUT2D eigenvalue weighted by molar-refractivity contribution is -0.155. The van der Waals surface area contributed by atoms with Crippen LogP contribution in [0.3, 0.4) is 0 Å². The minimum atomic E-state index is -0.496. The van der Waals surface area contributed by atoms with Gasteiger partial charge < -0.3 is 10.1 Å². The zero-order valence-electron chi connectivity index (χ0n) is 20.4. The minimum absolute atomic E-state index is 0.00574. The molecule has 0 spiro atoms. The summed E-state index contributed by atoms with van der Waals surface area (Å²) in [7, 11) is 0. The molecular weight excluding hydrogens is 478 g/mol. The molecule has 2 unspecified atom stereocenters. The van der Waals surface area contributed by atoms with Crippen molar-refractivity contribution in [3.63, 3.8) is 0 Å². The Labute approximate surface area is 206 Å². The van der Waals surface area contributed by atoms with Gasteiger partial charge >= 0.3 is 5.97 Å². The number of nitrogens with one attached hydrogen (secondary N) is 1. The summed E-state index contributed by atoms with van der Waals surface area (Å²) in [5.41, 5.74) is 3.44. The lowest BCUT2D eigenvalue weighted by Gasteiger charge is -2.25. The van der Waals surface area contributed by atoms with Crippen LogP contribution in [0, 0.1) is 12.8 Å². The van der Waals surface area contributed by atoms with E-state index in [1.165, 1.54) is 12.8 Å². The molecule has 0 radical (unpaired) electrons. The second-order valence-electron chi connectivity index (χ2n) is 10.3. The molecule has 1 saturated carbocycles. The molecule has 0 heterocycles. The highest BCUT2D eigenvalue weighted by molar-refractivity contribution is 9.10. The first kappa shape index (κ1) is 25.5. The molecule has 5 heteroatoms. The maximum absolute atomic E-state index is 13.6. The third kappa shape index (κ3) is 6.92. The normalized spacial score (nSPS) is 16.3. The summed E-state index contributed by atoms with van der Waals surface area (Å²) in [5, 5.41) is 3.22. The van der Waals surface area contributed by atoms with Gasteiger partial charge in [0, 0.05) is 10.2 Å². The molecule has 1 amide bonds. The highest BCUT2D eigenvalue weighted by atomic mass is 79.9. The van der Waals surface area contributed by atoms with Gasteiger partial charge in [-0.3, -0.25) is 9.59 Å². The summed E-state index contributed by atoms with van der Waals surface area (Å²) < 4.78 is 6.51. The van der Waals surface area contributed by atoms with E-state index in [1.54, 1.807) is 0 Å². The molecule has 0 aromatic heterocycles. The van der Waals surface area contributed by atoms with Gasteiger partial charge in [-0.25, -0.2) is 0 Å². The van der Waals surface area contributed by atoms with E-state index in [0.29, 0.717) is 12.3 Å². The molecule has 2 atom stereocenters. The Balaban J connectivity index is 1.79. The van der Waals surface area contributed by atoms with E-state index in [9.17, 15) is 9.59 Å². The van der Waals surface area contributed by atoms with Gasteiger partial charge in [-0.2, -0.15) is 0 Å². The fraction of sp³-hybridized carbons (Fsp3) is 0.500. The third-order valence-electron chi connectivity index (χ3n) is 6.44. The van der Waals surface area contributed by atoms with Gasteiger partial charge in [0.25, 0.3) is 0 Å². The summed E-state index contributed by atoms with van der Waals surface area (Å²) in [5.74, 6) is 0.0297. The standard InChI is InChI=1S/C28H36BrNO3/c1-18(17-25(31)33-28(3,4)5)23-11-8-12-24(19(23)2)30-27(32)26(20-9-6-7-10-20)21-13-15-22(29)16-14-21/h8,11-16,18,20,26H,6-7,9-10,17H2,1-5H3,(H,30,32). The molecule has 2 aromatic carbocycles. The van der Waals surface area contributed by atoms with Gasteiger partial charge in [-0.1, -0.05) is 60.0 Å². The molecule has 3 rings (SSSR count). The van der Waals surface area contributed by atoms with Crippen LogP contribution in [0.5, 0.6) is 0 Å². The van der Waals surface area contributed by atoms with Crippen molar-refractivity contribution in [2.75, 3.05) is 5.32 Å². The Hall–Kier alpha value is -2.14. The van der Waals surface area contributed by atoms with Gasteiger partial charge in [-0.15, -0.1) is 0 Å². The van der Waals surface area contributed by atoms with Crippen LogP contribution in [-0.4, -0.2) is 17.5 Å². The molecule has 1 aliphatic carbocycles. The van der Waals surface area contributed by atoms with E-state index in [-0.39, 0.29) is 23.7 Å². The molecule has 0 aliphatic heterocycles. The van der Waals surface area contributed by atoms with Crippen LogP contribution in [0.15, 0.2) is 46.9 Å². The number of anilines is 1. The number of carbonyl (C=O) groups excluding carboxylic acids is 2. The SMILES string of the molecule is Cc1c(NC(=O)C(c2ccc(Br)cc2)C2CCCC2)cccc1C(C)CC(=O)OC(C)(C)C. The second-order valence-corrected chi connectivity index (χ2v) is 11.2. The van der Waals surface area contributed by atoms with Crippen molar-refractivity contribution < 1.29 is 14.3 Å². The first-order chi connectivity index (χ1) is 15.5. The number of benzene rings is 2. The van der Waals surface area contributed by atoms with E-state index < -0.39 is 5.60 Å². The van der Waals surface area contributed by atoms with Crippen molar-refractivity contribution in [3.05, 3.63) is 63.6 Å². The van der Waals surface area contributed by atoms with Crippen LogP contribution in [0.25, 0.3) is 0 Å². The maximum Gasteiger partial charge on any atom is 0.306 e. The Kier molecular flexibility index (Phi) is 8.38. The Bertz CT molecular complexity index is 972. The Morgan fingerprint density at radius 3 is 2.33 bits per heavy atom. The Morgan fingerprint density at radius 2 is 1.73 bits per heavy atom. The number of ether oxygens (including phenoxy) is 1. The summed E-state index contributed by atoms with van der Waals surface area (Å²) in [4.78, 5) is 25.9. The average Bonchev–Trinajstić information content (AvgIpc) is 3.24. The van der Waals surface area contributed by atoms with Crippen molar-refractivity contribution >= 4 is 33.5 Å². The molecule has 178 valence electrons. The Morgan fingerprint density at radius 1 is 1.09 bits per heavy atom. The van der Waals surface area contributed by atoms with Gasteiger partial charge in [0.1, 0.15) is 5.60 Å². The van der Waals surface area contributed by atoms with E-state index in [0.717, 1.165) is 39.7 Å². The van der Waals surface area contributed by atoms with Crippen LogP contribution in [0.1, 0.15) is 88.3 Å². The number of hydrogen-bond acceptors (Lipinski definition) is 3. The van der Waals surface area contributed by atoms with Crippen molar-refractivity contribution in [2.45, 2.75) is 84.2 Å². The summed E-state index contributed by atoms with van der Waals surface area (Å²) in [6, 6.07) is 14.1. The van der Waals surface area contributed by atoms with E-state index >= 15 is 0 Å². The molecule has 1 fully saturated rings. The molecule has 4 nitrogen and oxygen atoms in total. The number of halogens is 1. The highest BCUT2D eigenvalue weighted by Gasteiger charge is 2.32. The molecule has 1 N–H and O–H groups in total. The van der Waals surface area contributed by atoms with Crippen molar-refractivity contribution in [1.82, 2.24) is 0 Å². The first-order valence-electron chi connectivity index (χ1n) is 11.9. The monoisotopic (exact) mass is 513 g/mol. The van der Waals surface area contributed by atoms with Crippen LogP contribution in [-0.2, 0) is 14.3 Å². The minimum Gasteiger partial charge on any atom is -0.460 e. The molecule has 33 heavy (non-hydrogen) atoms. The van der Waals surface area contributed by atoms with E-state index in [4.69, 9.17) is 4.74 Å². The average molecular weight is 515 g/mol. The van der Waals surface area contributed by atoms with Crippen LogP contribution >= 0.6 is 15.9 Å². The number of carbonyl (C=O) groups is 2. The lowest BCUT2D eigenvalue weighted by atomic mass is 9.84. The smallest absolute Gasteiger partial charge is 0.306 e. The van der Waals surface area contributed by atoms with Gasteiger partial charge in [0.2, 0.25) is 5.91 Å².